The molecule has 6 heteroatoms. The normalized spacial score (nSPS) is 10.0. The smallest absolute Gasteiger partial charge is 0.317 e. The van der Waals surface area contributed by atoms with E-state index in [4.69, 9.17) is 10.4 Å². The van der Waals surface area contributed by atoms with E-state index in [2.05, 4.69) is 5.32 Å². The Hall–Kier alpha value is -2.55. The molecule has 0 saturated heterocycles. The molecular weight excluding hydrogens is 270 g/mol. The van der Waals surface area contributed by atoms with Crippen molar-refractivity contribution in [2.75, 3.05) is 6.54 Å². The monoisotopic (exact) mass is 289 g/mol. The third-order valence-electron chi connectivity index (χ3n) is 2.98. The zero-order chi connectivity index (χ0) is 15.8. The minimum Gasteiger partial charge on any atom is -0.481 e. The van der Waals surface area contributed by atoms with Gasteiger partial charge in [-0.3, -0.25) is 4.79 Å². The number of aliphatic carboxylic acids is 1. The molecule has 0 bridgehead atoms. The van der Waals surface area contributed by atoms with Gasteiger partial charge in [-0.05, 0) is 31.5 Å². The maximum atomic E-state index is 12.1. The van der Waals surface area contributed by atoms with Crippen LogP contribution in [0.4, 0.5) is 4.79 Å². The Morgan fingerprint density at radius 1 is 1.33 bits per heavy atom. The summed E-state index contributed by atoms with van der Waals surface area (Å²) >= 11 is 0. The molecule has 2 amide bonds. The van der Waals surface area contributed by atoms with Gasteiger partial charge in [0.05, 0.1) is 18.1 Å². The van der Waals surface area contributed by atoms with Gasteiger partial charge in [-0.2, -0.15) is 5.26 Å². The SMILES string of the molecule is CC(C)N(CCC(=O)O)C(=O)NCc1ccc(C#N)cc1. The lowest BCUT2D eigenvalue weighted by atomic mass is 10.1. The van der Waals surface area contributed by atoms with E-state index in [1.54, 1.807) is 24.3 Å². The molecule has 0 spiro atoms. The summed E-state index contributed by atoms with van der Waals surface area (Å²) in [6, 6.07) is 8.57. The van der Waals surface area contributed by atoms with Crippen molar-refractivity contribution in [3.05, 3.63) is 35.4 Å². The number of carbonyl (C=O) groups is 2. The second-order valence-electron chi connectivity index (χ2n) is 4.90. The van der Waals surface area contributed by atoms with Crippen LogP contribution in [-0.4, -0.2) is 34.6 Å². The minimum atomic E-state index is -0.930. The number of amides is 2. The molecule has 112 valence electrons. The number of rotatable bonds is 6. The molecule has 0 aliphatic carbocycles. The van der Waals surface area contributed by atoms with Gasteiger partial charge in [0.15, 0.2) is 0 Å². The van der Waals surface area contributed by atoms with Crippen LogP contribution in [0.5, 0.6) is 0 Å². The predicted octanol–water partition coefficient (Wildman–Crippen LogP) is 1.95. The quantitative estimate of drug-likeness (QED) is 0.837. The molecule has 2 N–H and O–H groups in total. The van der Waals surface area contributed by atoms with Crippen molar-refractivity contribution < 1.29 is 14.7 Å². The van der Waals surface area contributed by atoms with Crippen molar-refractivity contribution in [2.45, 2.75) is 32.9 Å². The van der Waals surface area contributed by atoms with E-state index >= 15 is 0 Å². The number of nitrogens with one attached hydrogen (secondary N) is 1. The summed E-state index contributed by atoms with van der Waals surface area (Å²) in [6.45, 7) is 4.18. The molecule has 1 aromatic carbocycles. The van der Waals surface area contributed by atoms with Crippen molar-refractivity contribution in [3.8, 4) is 6.07 Å². The Labute approximate surface area is 124 Å². The van der Waals surface area contributed by atoms with Gasteiger partial charge in [0.1, 0.15) is 0 Å². The third-order valence-corrected chi connectivity index (χ3v) is 2.98. The average molecular weight is 289 g/mol. The number of hydrogen-bond acceptors (Lipinski definition) is 3. The summed E-state index contributed by atoms with van der Waals surface area (Å²) in [7, 11) is 0. The molecule has 0 aliphatic rings. The fourth-order valence-corrected chi connectivity index (χ4v) is 1.79. The number of nitrogens with zero attached hydrogens (tertiary/aromatic N) is 2. The number of carbonyl (C=O) groups excluding carboxylic acids is 1. The molecule has 0 unspecified atom stereocenters. The Balaban J connectivity index is 2.56. The maximum Gasteiger partial charge on any atom is 0.317 e. The van der Waals surface area contributed by atoms with Crippen molar-refractivity contribution in [1.29, 1.82) is 5.26 Å². The Morgan fingerprint density at radius 3 is 2.43 bits per heavy atom. The molecule has 1 rings (SSSR count). The van der Waals surface area contributed by atoms with Gasteiger partial charge in [0.25, 0.3) is 0 Å². The number of nitriles is 1. The second kappa shape index (κ2) is 7.90. The Bertz CT molecular complexity index is 532. The maximum absolute atomic E-state index is 12.1. The van der Waals surface area contributed by atoms with E-state index < -0.39 is 5.97 Å². The van der Waals surface area contributed by atoms with Crippen LogP contribution < -0.4 is 5.32 Å². The van der Waals surface area contributed by atoms with E-state index in [0.29, 0.717) is 12.1 Å². The van der Waals surface area contributed by atoms with Crippen molar-refractivity contribution in [3.63, 3.8) is 0 Å². The number of carboxylic acids is 1. The van der Waals surface area contributed by atoms with Crippen LogP contribution in [0.2, 0.25) is 0 Å². The van der Waals surface area contributed by atoms with Crippen LogP contribution in [0.1, 0.15) is 31.4 Å². The first kappa shape index (κ1) is 16.5. The first-order valence-corrected chi connectivity index (χ1v) is 6.69. The summed E-state index contributed by atoms with van der Waals surface area (Å²) in [5.41, 5.74) is 1.44. The van der Waals surface area contributed by atoms with Crippen LogP contribution in [0, 0.1) is 11.3 Å². The van der Waals surface area contributed by atoms with Crippen LogP contribution >= 0.6 is 0 Å². The van der Waals surface area contributed by atoms with Gasteiger partial charge in [-0.25, -0.2) is 4.79 Å². The average Bonchev–Trinajstić information content (AvgIpc) is 2.45. The molecule has 0 aliphatic heterocycles. The fourth-order valence-electron chi connectivity index (χ4n) is 1.79. The molecule has 0 heterocycles. The molecule has 0 radical (unpaired) electrons. The first-order valence-electron chi connectivity index (χ1n) is 6.69. The number of carboxylic acid groups (broad SMARTS) is 1. The molecule has 0 fully saturated rings. The summed E-state index contributed by atoms with van der Waals surface area (Å²) < 4.78 is 0. The fraction of sp³-hybridized carbons (Fsp3) is 0.400. The topological polar surface area (TPSA) is 93.4 Å². The second-order valence-corrected chi connectivity index (χ2v) is 4.90. The highest BCUT2D eigenvalue weighted by Crippen LogP contribution is 2.05. The highest BCUT2D eigenvalue weighted by Gasteiger charge is 2.17. The Morgan fingerprint density at radius 2 is 1.95 bits per heavy atom. The molecule has 0 atom stereocenters. The van der Waals surface area contributed by atoms with Gasteiger partial charge >= 0.3 is 12.0 Å². The van der Waals surface area contributed by atoms with Crippen LogP contribution in [0.15, 0.2) is 24.3 Å². The molecule has 0 aromatic heterocycles. The van der Waals surface area contributed by atoms with E-state index in [1.807, 2.05) is 19.9 Å². The summed E-state index contributed by atoms with van der Waals surface area (Å²) in [5, 5.41) is 20.2. The highest BCUT2D eigenvalue weighted by atomic mass is 16.4. The third kappa shape index (κ3) is 5.53. The molecular formula is C15H19N3O3. The first-order chi connectivity index (χ1) is 9.93. The number of hydrogen-bond donors (Lipinski definition) is 2. The van der Waals surface area contributed by atoms with Crippen molar-refractivity contribution in [1.82, 2.24) is 10.2 Å². The van der Waals surface area contributed by atoms with Gasteiger partial charge in [0.2, 0.25) is 0 Å². The van der Waals surface area contributed by atoms with Gasteiger partial charge in [0, 0.05) is 19.1 Å². The zero-order valence-electron chi connectivity index (χ0n) is 12.2. The Kier molecular flexibility index (Phi) is 6.21. The molecule has 21 heavy (non-hydrogen) atoms. The lowest BCUT2D eigenvalue weighted by Crippen LogP contribution is -2.44. The number of urea groups is 1. The lowest BCUT2D eigenvalue weighted by molar-refractivity contribution is -0.137. The van der Waals surface area contributed by atoms with Crippen molar-refractivity contribution in [2.24, 2.45) is 0 Å². The highest BCUT2D eigenvalue weighted by molar-refractivity contribution is 5.75. The summed E-state index contributed by atoms with van der Waals surface area (Å²) in [4.78, 5) is 24.2. The van der Waals surface area contributed by atoms with E-state index in [0.717, 1.165) is 5.56 Å². The van der Waals surface area contributed by atoms with E-state index in [-0.39, 0.29) is 25.0 Å². The van der Waals surface area contributed by atoms with Crippen molar-refractivity contribution >= 4 is 12.0 Å². The van der Waals surface area contributed by atoms with Gasteiger partial charge < -0.3 is 15.3 Å². The van der Waals surface area contributed by atoms with Crippen LogP contribution in [0.3, 0.4) is 0 Å². The van der Waals surface area contributed by atoms with Crippen LogP contribution in [0.25, 0.3) is 0 Å². The number of benzene rings is 1. The van der Waals surface area contributed by atoms with Gasteiger partial charge in [-0.1, -0.05) is 12.1 Å². The summed E-state index contributed by atoms with van der Waals surface area (Å²) in [6.07, 6.45) is -0.0809. The standard InChI is InChI=1S/C15H19N3O3/c1-11(2)18(8-7-14(19)20)15(21)17-10-13-5-3-12(9-16)4-6-13/h3-6,11H,7-8,10H2,1-2H3,(H,17,21)(H,19,20). The van der Waals surface area contributed by atoms with E-state index in [1.165, 1.54) is 4.90 Å². The van der Waals surface area contributed by atoms with Gasteiger partial charge in [-0.15, -0.1) is 0 Å². The zero-order valence-corrected chi connectivity index (χ0v) is 12.2. The van der Waals surface area contributed by atoms with E-state index in [9.17, 15) is 9.59 Å². The predicted molar refractivity (Wildman–Crippen MR) is 77.5 cm³/mol. The summed E-state index contributed by atoms with van der Waals surface area (Å²) in [5.74, 6) is -0.930. The van der Waals surface area contributed by atoms with Crippen LogP contribution in [-0.2, 0) is 11.3 Å². The molecule has 6 nitrogen and oxygen atoms in total. The molecule has 1 aromatic rings. The largest absolute Gasteiger partial charge is 0.481 e. The minimum absolute atomic E-state index is 0.0784. The lowest BCUT2D eigenvalue weighted by Gasteiger charge is -2.26. The molecule has 0 saturated carbocycles.